The number of hydrogen-bond donors (Lipinski definition) is 0. The van der Waals surface area contributed by atoms with Gasteiger partial charge in [-0.15, -0.1) is 0 Å². The van der Waals surface area contributed by atoms with Crippen molar-refractivity contribution in [2.75, 3.05) is 6.54 Å². The van der Waals surface area contributed by atoms with Crippen LogP contribution in [0, 0.1) is 6.92 Å². The molecule has 0 radical (unpaired) electrons. The first-order valence-electron chi connectivity index (χ1n) is 6.73. The minimum absolute atomic E-state index is 0.193. The van der Waals surface area contributed by atoms with Crippen LogP contribution in [0.25, 0.3) is 0 Å². The Hall–Kier alpha value is -1.69. The van der Waals surface area contributed by atoms with Crippen molar-refractivity contribution in [2.24, 2.45) is 7.05 Å². The van der Waals surface area contributed by atoms with E-state index in [-0.39, 0.29) is 29.0 Å². The fourth-order valence-electron chi connectivity index (χ4n) is 2.96. The molecule has 0 spiro atoms. The minimum atomic E-state index is -0.241. The van der Waals surface area contributed by atoms with E-state index in [0.29, 0.717) is 27.1 Å². The number of halogens is 1. The van der Waals surface area contributed by atoms with E-state index in [2.05, 4.69) is 15.9 Å². The molecule has 1 atom stereocenters. The van der Waals surface area contributed by atoms with E-state index in [4.69, 9.17) is 0 Å². The molecule has 0 bridgehead atoms. The Kier molecular flexibility index (Phi) is 2.99. The SMILES string of the molecule is CC(=O)c1c2c(n(C)c1C)C(=O)C(Br)=C(N1CC1C)C2=O. The summed E-state index contributed by atoms with van der Waals surface area (Å²) in [5, 5.41) is 0. The van der Waals surface area contributed by atoms with Gasteiger partial charge in [-0.25, -0.2) is 0 Å². The highest BCUT2D eigenvalue weighted by atomic mass is 79.9. The van der Waals surface area contributed by atoms with E-state index in [1.807, 2.05) is 11.8 Å². The van der Waals surface area contributed by atoms with Crippen LogP contribution in [0.15, 0.2) is 10.2 Å². The Morgan fingerprint density at radius 3 is 2.33 bits per heavy atom. The summed E-state index contributed by atoms with van der Waals surface area (Å²) in [4.78, 5) is 39.2. The van der Waals surface area contributed by atoms with Crippen molar-refractivity contribution in [3.8, 4) is 0 Å². The largest absolute Gasteiger partial charge is 0.361 e. The number of carbonyl (C=O) groups is 3. The van der Waals surface area contributed by atoms with Crippen LogP contribution in [0.2, 0.25) is 0 Å². The highest BCUT2D eigenvalue weighted by molar-refractivity contribution is 9.12. The molecule has 1 aliphatic heterocycles. The summed E-state index contributed by atoms with van der Waals surface area (Å²) in [5.74, 6) is -0.673. The predicted molar refractivity (Wildman–Crippen MR) is 80.9 cm³/mol. The average molecular weight is 351 g/mol. The third-order valence-corrected chi connectivity index (χ3v) is 4.99. The van der Waals surface area contributed by atoms with Gasteiger partial charge in [-0.05, 0) is 36.7 Å². The van der Waals surface area contributed by atoms with E-state index in [1.165, 1.54) is 6.92 Å². The molecule has 2 heterocycles. The molecule has 0 saturated carbocycles. The Morgan fingerprint density at radius 1 is 1.29 bits per heavy atom. The van der Waals surface area contributed by atoms with Crippen molar-refractivity contribution < 1.29 is 14.4 Å². The first-order chi connectivity index (χ1) is 9.77. The molecular weight excluding hydrogens is 336 g/mol. The maximum absolute atomic E-state index is 12.8. The van der Waals surface area contributed by atoms with Gasteiger partial charge in [0, 0.05) is 30.9 Å². The molecule has 1 unspecified atom stereocenters. The number of nitrogens with zero attached hydrogens (tertiary/aromatic N) is 2. The first kappa shape index (κ1) is 14.3. The second kappa shape index (κ2) is 4.40. The zero-order valence-electron chi connectivity index (χ0n) is 12.3. The van der Waals surface area contributed by atoms with Crippen LogP contribution in [0.1, 0.15) is 50.7 Å². The lowest BCUT2D eigenvalue weighted by atomic mass is 9.93. The Morgan fingerprint density at radius 2 is 1.86 bits per heavy atom. The van der Waals surface area contributed by atoms with Crippen LogP contribution in [0.4, 0.5) is 0 Å². The summed E-state index contributed by atoms with van der Waals surface area (Å²) >= 11 is 3.27. The van der Waals surface area contributed by atoms with E-state index in [9.17, 15) is 14.4 Å². The summed E-state index contributed by atoms with van der Waals surface area (Å²) in [6, 6.07) is 0.247. The van der Waals surface area contributed by atoms with E-state index in [1.54, 1.807) is 18.5 Å². The van der Waals surface area contributed by atoms with Crippen molar-refractivity contribution >= 4 is 33.3 Å². The normalized spacial score (nSPS) is 21.0. The Balaban J connectivity index is 2.29. The number of rotatable bonds is 2. The fourth-order valence-corrected chi connectivity index (χ4v) is 3.55. The monoisotopic (exact) mass is 350 g/mol. The molecule has 6 heteroatoms. The number of Topliss-reactive ketones (excluding diaryl/α,β-unsaturated/α-hetero) is 3. The van der Waals surface area contributed by atoms with E-state index < -0.39 is 0 Å². The van der Waals surface area contributed by atoms with Crippen LogP contribution in [0.3, 0.4) is 0 Å². The second-order valence-corrected chi connectivity index (χ2v) is 6.41. The van der Waals surface area contributed by atoms with E-state index >= 15 is 0 Å². The summed E-state index contributed by atoms with van der Waals surface area (Å²) < 4.78 is 1.93. The van der Waals surface area contributed by atoms with Crippen LogP contribution in [-0.2, 0) is 7.05 Å². The lowest BCUT2D eigenvalue weighted by Crippen LogP contribution is -2.26. The molecule has 21 heavy (non-hydrogen) atoms. The summed E-state index contributed by atoms with van der Waals surface area (Å²) in [7, 11) is 1.71. The molecular formula is C15H15BrN2O3. The minimum Gasteiger partial charge on any atom is -0.361 e. The highest BCUT2D eigenvalue weighted by Gasteiger charge is 2.45. The van der Waals surface area contributed by atoms with Crippen LogP contribution < -0.4 is 0 Å². The average Bonchev–Trinajstić information content (AvgIpc) is 3.04. The smallest absolute Gasteiger partial charge is 0.219 e. The molecule has 1 aromatic heterocycles. The van der Waals surface area contributed by atoms with Gasteiger partial charge in [0.15, 0.2) is 5.78 Å². The molecule has 0 N–H and O–H groups in total. The lowest BCUT2D eigenvalue weighted by Gasteiger charge is -2.18. The zero-order chi connectivity index (χ0) is 15.6. The fraction of sp³-hybridized carbons (Fsp3) is 0.400. The second-order valence-electron chi connectivity index (χ2n) is 5.62. The molecule has 1 fully saturated rings. The van der Waals surface area contributed by atoms with Crippen molar-refractivity contribution in [2.45, 2.75) is 26.8 Å². The number of aromatic nitrogens is 1. The molecule has 110 valence electrons. The zero-order valence-corrected chi connectivity index (χ0v) is 13.9. The number of ketones is 3. The number of carbonyl (C=O) groups excluding carboxylic acids is 3. The van der Waals surface area contributed by atoms with Crippen LogP contribution >= 0.6 is 15.9 Å². The van der Waals surface area contributed by atoms with Gasteiger partial charge >= 0.3 is 0 Å². The third-order valence-electron chi connectivity index (χ3n) is 4.25. The maximum Gasteiger partial charge on any atom is 0.219 e. The summed E-state index contributed by atoms with van der Waals surface area (Å²) in [6.45, 7) is 5.92. The predicted octanol–water partition coefficient (Wildman–Crippen LogP) is 2.23. The molecule has 3 rings (SSSR count). The van der Waals surface area contributed by atoms with Crippen LogP contribution in [-0.4, -0.2) is 39.4 Å². The quantitative estimate of drug-likeness (QED) is 0.606. The molecule has 1 aliphatic carbocycles. The van der Waals surface area contributed by atoms with Gasteiger partial charge in [-0.2, -0.15) is 0 Å². The Bertz CT molecular complexity index is 757. The van der Waals surface area contributed by atoms with Gasteiger partial charge < -0.3 is 9.47 Å². The summed E-state index contributed by atoms with van der Waals surface area (Å²) in [5.41, 5.74) is 1.94. The maximum atomic E-state index is 12.8. The van der Waals surface area contributed by atoms with Crippen molar-refractivity contribution in [1.29, 1.82) is 0 Å². The molecule has 5 nitrogen and oxygen atoms in total. The third kappa shape index (κ3) is 1.78. The first-order valence-corrected chi connectivity index (χ1v) is 7.52. The van der Waals surface area contributed by atoms with Gasteiger partial charge in [-0.1, -0.05) is 0 Å². The topological polar surface area (TPSA) is 59.1 Å². The van der Waals surface area contributed by atoms with Gasteiger partial charge in [0.05, 0.1) is 10.0 Å². The molecule has 1 aromatic rings. The van der Waals surface area contributed by atoms with Gasteiger partial charge in [0.1, 0.15) is 11.4 Å². The van der Waals surface area contributed by atoms with Crippen molar-refractivity contribution in [3.63, 3.8) is 0 Å². The molecule has 2 aliphatic rings. The lowest BCUT2D eigenvalue weighted by molar-refractivity contribution is 0.0954. The van der Waals surface area contributed by atoms with Gasteiger partial charge in [0.2, 0.25) is 11.6 Å². The number of hydrogen-bond acceptors (Lipinski definition) is 4. The van der Waals surface area contributed by atoms with Crippen molar-refractivity contribution in [1.82, 2.24) is 9.47 Å². The number of fused-ring (bicyclic) bond motifs is 1. The number of allylic oxidation sites excluding steroid dienone is 2. The van der Waals surface area contributed by atoms with Crippen LogP contribution in [0.5, 0.6) is 0 Å². The van der Waals surface area contributed by atoms with Crippen molar-refractivity contribution in [3.05, 3.63) is 32.7 Å². The standard InChI is InChI=1S/C15H15BrN2O3/c1-6-5-18(6)13-11(16)15(21)12-10(14(13)20)9(8(3)19)7(2)17(12)4/h6H,5H2,1-4H3. The van der Waals surface area contributed by atoms with E-state index in [0.717, 1.165) is 6.54 Å². The molecule has 0 aromatic carbocycles. The Labute approximate surface area is 130 Å². The van der Waals surface area contributed by atoms with Gasteiger partial charge in [-0.3, -0.25) is 14.4 Å². The van der Waals surface area contributed by atoms with Gasteiger partial charge in [0.25, 0.3) is 0 Å². The molecule has 1 saturated heterocycles. The highest BCUT2D eigenvalue weighted by Crippen LogP contribution is 2.39. The summed E-state index contributed by atoms with van der Waals surface area (Å²) in [6.07, 6.45) is 0. The molecule has 0 amide bonds.